The van der Waals surface area contributed by atoms with Crippen molar-refractivity contribution in [1.82, 2.24) is 14.9 Å². The summed E-state index contributed by atoms with van der Waals surface area (Å²) in [5.41, 5.74) is 2.08. The van der Waals surface area contributed by atoms with E-state index in [1.807, 2.05) is 36.1 Å². The smallest absolute Gasteiger partial charge is 0.145 e. The van der Waals surface area contributed by atoms with Gasteiger partial charge < -0.3 is 14.6 Å². The Morgan fingerprint density at radius 2 is 2.47 bits per heavy atom. The molecule has 0 aliphatic carbocycles. The lowest BCUT2D eigenvalue weighted by Gasteiger charge is -2.12. The topological polar surface area (TPSA) is 39.1 Å². The minimum absolute atomic E-state index is 0.637. The molecular formula is C13H17N3O. The van der Waals surface area contributed by atoms with E-state index < -0.39 is 0 Å². The molecule has 3 rings (SSSR count). The largest absolute Gasteiger partial charge is 0.491 e. The van der Waals surface area contributed by atoms with Crippen LogP contribution in [0.1, 0.15) is 6.42 Å². The molecule has 1 saturated heterocycles. The number of aromatic nitrogens is 2. The zero-order chi connectivity index (χ0) is 11.7. The van der Waals surface area contributed by atoms with Crippen LogP contribution in [0.5, 0.6) is 5.75 Å². The summed E-state index contributed by atoms with van der Waals surface area (Å²) in [4.78, 5) is 4.33. The van der Waals surface area contributed by atoms with E-state index in [0.717, 1.165) is 36.5 Å². The number of ether oxygens (including phenoxy) is 1. The summed E-state index contributed by atoms with van der Waals surface area (Å²) in [6, 6.07) is 6.03. The first-order valence-corrected chi connectivity index (χ1v) is 6.08. The van der Waals surface area contributed by atoms with Crippen molar-refractivity contribution in [2.45, 2.75) is 6.42 Å². The molecule has 1 unspecified atom stereocenters. The highest BCUT2D eigenvalue weighted by Gasteiger charge is 2.16. The molecule has 4 nitrogen and oxygen atoms in total. The van der Waals surface area contributed by atoms with Crippen molar-refractivity contribution in [3.8, 4) is 5.75 Å². The van der Waals surface area contributed by atoms with Gasteiger partial charge in [0.1, 0.15) is 11.3 Å². The van der Waals surface area contributed by atoms with Gasteiger partial charge in [-0.05, 0) is 25.1 Å². The van der Waals surface area contributed by atoms with E-state index in [1.54, 1.807) is 0 Å². The predicted octanol–water partition coefficient (Wildman–Crippen LogP) is 1.56. The predicted molar refractivity (Wildman–Crippen MR) is 67.2 cm³/mol. The van der Waals surface area contributed by atoms with Crippen molar-refractivity contribution in [3.05, 3.63) is 24.5 Å². The van der Waals surface area contributed by atoms with E-state index >= 15 is 0 Å². The van der Waals surface area contributed by atoms with Crippen LogP contribution in [-0.4, -0.2) is 29.2 Å². The van der Waals surface area contributed by atoms with Crippen molar-refractivity contribution in [2.24, 2.45) is 13.0 Å². The number of nitrogens with one attached hydrogen (secondary N) is 1. The Hall–Kier alpha value is -1.55. The number of rotatable bonds is 3. The molecular weight excluding hydrogens is 214 g/mol. The van der Waals surface area contributed by atoms with Crippen LogP contribution in [0.25, 0.3) is 11.0 Å². The number of nitrogens with zero attached hydrogens (tertiary/aromatic N) is 2. The third kappa shape index (κ3) is 2.00. The fourth-order valence-electron chi connectivity index (χ4n) is 2.36. The Balaban J connectivity index is 1.81. The molecule has 1 aromatic carbocycles. The average Bonchev–Trinajstić information content (AvgIpc) is 2.97. The van der Waals surface area contributed by atoms with Crippen LogP contribution in [0.3, 0.4) is 0 Å². The molecule has 1 aromatic heterocycles. The Kier molecular flexibility index (Phi) is 2.73. The van der Waals surface area contributed by atoms with Gasteiger partial charge in [0.05, 0.1) is 18.5 Å². The third-order valence-corrected chi connectivity index (χ3v) is 3.34. The molecule has 1 atom stereocenters. The molecule has 2 heterocycles. The highest BCUT2D eigenvalue weighted by atomic mass is 16.5. The van der Waals surface area contributed by atoms with Gasteiger partial charge in [-0.1, -0.05) is 6.07 Å². The van der Waals surface area contributed by atoms with Gasteiger partial charge in [0, 0.05) is 19.5 Å². The van der Waals surface area contributed by atoms with Gasteiger partial charge in [-0.15, -0.1) is 0 Å². The fourth-order valence-corrected chi connectivity index (χ4v) is 2.36. The number of imidazole rings is 1. The van der Waals surface area contributed by atoms with Gasteiger partial charge in [-0.2, -0.15) is 0 Å². The van der Waals surface area contributed by atoms with E-state index in [-0.39, 0.29) is 0 Å². The highest BCUT2D eigenvalue weighted by molar-refractivity contribution is 5.81. The molecule has 0 saturated carbocycles. The van der Waals surface area contributed by atoms with Crippen molar-refractivity contribution < 1.29 is 4.74 Å². The van der Waals surface area contributed by atoms with Crippen LogP contribution >= 0.6 is 0 Å². The molecule has 2 aromatic rings. The van der Waals surface area contributed by atoms with Crippen molar-refractivity contribution in [1.29, 1.82) is 0 Å². The van der Waals surface area contributed by atoms with Crippen LogP contribution in [0.4, 0.5) is 0 Å². The van der Waals surface area contributed by atoms with Crippen LogP contribution < -0.4 is 10.1 Å². The molecule has 90 valence electrons. The van der Waals surface area contributed by atoms with Gasteiger partial charge in [0.25, 0.3) is 0 Å². The lowest BCUT2D eigenvalue weighted by molar-refractivity contribution is 0.262. The first-order chi connectivity index (χ1) is 8.34. The second-order valence-electron chi connectivity index (χ2n) is 4.65. The second kappa shape index (κ2) is 4.37. The number of benzene rings is 1. The van der Waals surface area contributed by atoms with Crippen LogP contribution in [0, 0.1) is 5.92 Å². The first-order valence-electron chi connectivity index (χ1n) is 6.08. The van der Waals surface area contributed by atoms with E-state index in [1.165, 1.54) is 6.42 Å². The number of aryl methyl sites for hydroxylation is 1. The van der Waals surface area contributed by atoms with Crippen molar-refractivity contribution in [2.75, 3.05) is 19.7 Å². The van der Waals surface area contributed by atoms with Crippen LogP contribution in [0.2, 0.25) is 0 Å². The molecule has 0 amide bonds. The zero-order valence-corrected chi connectivity index (χ0v) is 10.0. The van der Waals surface area contributed by atoms with E-state index in [0.29, 0.717) is 5.92 Å². The van der Waals surface area contributed by atoms with Gasteiger partial charge in [-0.3, -0.25) is 0 Å². The summed E-state index contributed by atoms with van der Waals surface area (Å²) >= 11 is 0. The van der Waals surface area contributed by atoms with E-state index in [4.69, 9.17) is 4.74 Å². The van der Waals surface area contributed by atoms with Crippen LogP contribution in [0.15, 0.2) is 24.5 Å². The molecule has 17 heavy (non-hydrogen) atoms. The molecule has 1 fully saturated rings. The fraction of sp³-hybridized carbons (Fsp3) is 0.462. The molecule has 1 aliphatic rings. The normalized spacial score (nSPS) is 19.9. The molecule has 0 spiro atoms. The van der Waals surface area contributed by atoms with Crippen molar-refractivity contribution >= 4 is 11.0 Å². The molecule has 1 N–H and O–H groups in total. The monoisotopic (exact) mass is 231 g/mol. The second-order valence-corrected chi connectivity index (χ2v) is 4.65. The standard InChI is InChI=1S/C13H17N3O/c1-16-9-15-11-3-2-4-12(13(11)16)17-8-10-5-6-14-7-10/h2-4,9-10,14H,5-8H2,1H3. The highest BCUT2D eigenvalue weighted by Crippen LogP contribution is 2.25. The average molecular weight is 231 g/mol. The summed E-state index contributed by atoms with van der Waals surface area (Å²) in [5, 5.41) is 3.35. The minimum atomic E-state index is 0.637. The number of fused-ring (bicyclic) bond motifs is 1. The summed E-state index contributed by atoms with van der Waals surface area (Å²) in [6.45, 7) is 2.97. The zero-order valence-electron chi connectivity index (χ0n) is 10.0. The quantitative estimate of drug-likeness (QED) is 0.871. The Labute approximate surface area is 101 Å². The van der Waals surface area contributed by atoms with Gasteiger partial charge >= 0.3 is 0 Å². The Morgan fingerprint density at radius 1 is 1.53 bits per heavy atom. The summed E-state index contributed by atoms with van der Waals surface area (Å²) in [5.74, 6) is 1.58. The number of hydrogen-bond acceptors (Lipinski definition) is 3. The maximum Gasteiger partial charge on any atom is 0.145 e. The van der Waals surface area contributed by atoms with Gasteiger partial charge in [-0.25, -0.2) is 4.98 Å². The minimum Gasteiger partial charge on any atom is -0.491 e. The maximum atomic E-state index is 5.94. The lowest BCUT2D eigenvalue weighted by Crippen LogP contribution is -2.15. The molecule has 1 aliphatic heterocycles. The van der Waals surface area contributed by atoms with Gasteiger partial charge in [0.2, 0.25) is 0 Å². The summed E-state index contributed by atoms with van der Waals surface area (Å²) < 4.78 is 7.95. The van der Waals surface area contributed by atoms with Crippen LogP contribution in [-0.2, 0) is 7.05 Å². The lowest BCUT2D eigenvalue weighted by atomic mass is 10.1. The molecule has 0 bridgehead atoms. The SMILES string of the molecule is Cn1cnc2cccc(OCC3CCNC3)c21. The Morgan fingerprint density at radius 3 is 3.29 bits per heavy atom. The Bertz CT molecular complexity index is 514. The molecule has 4 heteroatoms. The maximum absolute atomic E-state index is 5.94. The van der Waals surface area contributed by atoms with E-state index in [2.05, 4.69) is 10.3 Å². The van der Waals surface area contributed by atoms with Crippen molar-refractivity contribution in [3.63, 3.8) is 0 Å². The van der Waals surface area contributed by atoms with E-state index in [9.17, 15) is 0 Å². The summed E-state index contributed by atoms with van der Waals surface area (Å²) in [7, 11) is 2.00. The van der Waals surface area contributed by atoms with Gasteiger partial charge in [0.15, 0.2) is 0 Å². The number of para-hydroxylation sites is 1. The molecule has 0 radical (unpaired) electrons. The third-order valence-electron chi connectivity index (χ3n) is 3.34. The summed E-state index contributed by atoms with van der Waals surface area (Å²) in [6.07, 6.45) is 3.04. The first kappa shape index (κ1) is 10.6. The number of hydrogen-bond donors (Lipinski definition) is 1.